The quantitative estimate of drug-likeness (QED) is 0.771. The molecule has 2 atom stereocenters. The molecule has 0 saturated heterocycles. The molecule has 0 fully saturated rings. The number of hydrogen-bond donors (Lipinski definition) is 0. The van der Waals surface area contributed by atoms with Crippen LogP contribution in [-0.2, 0) is 16.0 Å². The number of alkyl halides is 3. The first-order valence-electron chi connectivity index (χ1n) is 7.87. The van der Waals surface area contributed by atoms with E-state index in [1.54, 1.807) is 27.7 Å². The fourth-order valence-electron chi connectivity index (χ4n) is 2.57. The van der Waals surface area contributed by atoms with Crippen molar-refractivity contribution in [2.45, 2.75) is 45.9 Å². The molecule has 0 amide bonds. The summed E-state index contributed by atoms with van der Waals surface area (Å²) in [5, 5.41) is 0. The third-order valence-electron chi connectivity index (χ3n) is 4.05. The molecule has 0 N–H and O–H groups in total. The predicted octanol–water partition coefficient (Wildman–Crippen LogP) is 3.96. The van der Waals surface area contributed by atoms with Crippen LogP contribution < -0.4 is 0 Å². The van der Waals surface area contributed by atoms with Crippen LogP contribution >= 0.6 is 0 Å². The predicted molar refractivity (Wildman–Crippen MR) is 86.6 cm³/mol. The van der Waals surface area contributed by atoms with E-state index >= 15 is 0 Å². The molecular formula is C18H21F3N2O2. The molecule has 0 radical (unpaired) electrons. The van der Waals surface area contributed by atoms with Crippen molar-refractivity contribution in [2.75, 3.05) is 0 Å². The van der Waals surface area contributed by atoms with Crippen molar-refractivity contribution in [1.29, 1.82) is 0 Å². The van der Waals surface area contributed by atoms with Crippen molar-refractivity contribution in [2.24, 2.45) is 11.3 Å². The maximum atomic E-state index is 13.7. The van der Waals surface area contributed by atoms with Gasteiger partial charge < -0.3 is 4.74 Å². The van der Waals surface area contributed by atoms with Crippen molar-refractivity contribution in [3.8, 4) is 0 Å². The van der Waals surface area contributed by atoms with Gasteiger partial charge in [-0.05, 0) is 39.3 Å². The maximum absolute atomic E-state index is 13.7. The van der Waals surface area contributed by atoms with Crippen molar-refractivity contribution >= 4 is 5.97 Å². The van der Waals surface area contributed by atoms with Gasteiger partial charge in [0.2, 0.25) is 0 Å². The summed E-state index contributed by atoms with van der Waals surface area (Å²) in [4.78, 5) is 20.3. The number of rotatable bonds is 3. The zero-order valence-electron chi connectivity index (χ0n) is 14.6. The Balaban J connectivity index is 2.51. The summed E-state index contributed by atoms with van der Waals surface area (Å²) in [5.74, 6) is -2.65. The highest BCUT2D eigenvalue weighted by Gasteiger charge is 2.55. The van der Waals surface area contributed by atoms with Gasteiger partial charge in [-0.2, -0.15) is 13.2 Å². The Morgan fingerprint density at radius 3 is 2.52 bits per heavy atom. The lowest BCUT2D eigenvalue weighted by atomic mass is 9.78. The second-order valence-electron chi connectivity index (χ2n) is 7.17. The van der Waals surface area contributed by atoms with E-state index in [1.807, 2.05) is 0 Å². The molecule has 2 unspecified atom stereocenters. The van der Waals surface area contributed by atoms with Gasteiger partial charge in [0.25, 0.3) is 0 Å². The number of ether oxygens (including phenoxy) is 1. The molecular weight excluding hydrogens is 333 g/mol. The van der Waals surface area contributed by atoms with Gasteiger partial charge in [-0.1, -0.05) is 18.2 Å². The van der Waals surface area contributed by atoms with Gasteiger partial charge in [0.1, 0.15) is 17.8 Å². The molecule has 2 rings (SSSR count). The van der Waals surface area contributed by atoms with E-state index in [0.717, 1.165) is 6.08 Å². The summed E-state index contributed by atoms with van der Waals surface area (Å²) in [6.07, 6.45) is 3.16. The second-order valence-corrected chi connectivity index (χ2v) is 7.17. The van der Waals surface area contributed by atoms with Gasteiger partial charge in [0.05, 0.1) is 5.41 Å². The largest absolute Gasteiger partial charge is 0.453 e. The van der Waals surface area contributed by atoms with E-state index in [0.29, 0.717) is 11.3 Å². The number of carbonyl (C=O) groups is 1. The molecule has 4 nitrogen and oxygen atoms in total. The Morgan fingerprint density at radius 1 is 1.28 bits per heavy atom. The van der Waals surface area contributed by atoms with E-state index in [4.69, 9.17) is 4.74 Å². The third kappa shape index (κ3) is 4.27. The molecule has 25 heavy (non-hydrogen) atoms. The second kappa shape index (κ2) is 6.61. The van der Waals surface area contributed by atoms with Gasteiger partial charge in [-0.15, -0.1) is 0 Å². The van der Waals surface area contributed by atoms with Gasteiger partial charge in [-0.25, -0.2) is 9.97 Å². The standard InChI is InChI=1S/C18H21F3N2O2/c1-12-13(10-22-11-23-12)9-17(25-15(24)16(2,3)4)8-6-5-7-14(17)18(19,20)21/h5-8,10-11,14H,9H2,1-4H3. The van der Waals surface area contributed by atoms with E-state index in [9.17, 15) is 18.0 Å². The highest BCUT2D eigenvalue weighted by Crippen LogP contribution is 2.43. The lowest BCUT2D eigenvalue weighted by Crippen LogP contribution is -2.51. The normalized spacial score (nSPS) is 23.6. The van der Waals surface area contributed by atoms with E-state index in [-0.39, 0.29) is 6.42 Å². The van der Waals surface area contributed by atoms with Crippen LogP contribution in [0.2, 0.25) is 0 Å². The molecule has 0 spiro atoms. The van der Waals surface area contributed by atoms with Crippen LogP contribution in [-0.4, -0.2) is 27.7 Å². The first kappa shape index (κ1) is 19.1. The Hall–Kier alpha value is -2.18. The van der Waals surface area contributed by atoms with Crippen molar-refractivity contribution in [3.05, 3.63) is 48.1 Å². The van der Waals surface area contributed by atoms with Gasteiger partial charge in [0, 0.05) is 18.3 Å². The monoisotopic (exact) mass is 354 g/mol. The lowest BCUT2D eigenvalue weighted by Gasteiger charge is -2.40. The van der Waals surface area contributed by atoms with Gasteiger partial charge in [0.15, 0.2) is 0 Å². The summed E-state index contributed by atoms with van der Waals surface area (Å²) >= 11 is 0. The van der Waals surface area contributed by atoms with Crippen LogP contribution in [0, 0.1) is 18.3 Å². The maximum Gasteiger partial charge on any atom is 0.399 e. The molecule has 1 heterocycles. The molecule has 1 aliphatic carbocycles. The minimum absolute atomic E-state index is 0.160. The van der Waals surface area contributed by atoms with Gasteiger partial charge >= 0.3 is 12.1 Å². The number of esters is 1. The van der Waals surface area contributed by atoms with Crippen LogP contribution in [0.4, 0.5) is 13.2 Å². The lowest BCUT2D eigenvalue weighted by molar-refractivity contribution is -0.216. The van der Waals surface area contributed by atoms with Crippen LogP contribution in [0.25, 0.3) is 0 Å². The molecule has 0 saturated carbocycles. The molecule has 136 valence electrons. The van der Waals surface area contributed by atoms with E-state index in [1.165, 1.54) is 30.8 Å². The molecule has 7 heteroatoms. The summed E-state index contributed by atoms with van der Waals surface area (Å²) in [7, 11) is 0. The smallest absolute Gasteiger partial charge is 0.399 e. The Kier molecular flexibility index (Phi) is 5.06. The Morgan fingerprint density at radius 2 is 1.96 bits per heavy atom. The number of hydrogen-bond acceptors (Lipinski definition) is 4. The topological polar surface area (TPSA) is 52.1 Å². The van der Waals surface area contributed by atoms with Crippen LogP contribution in [0.5, 0.6) is 0 Å². The number of aryl methyl sites for hydroxylation is 1. The summed E-state index contributed by atoms with van der Waals surface area (Å²) in [6, 6.07) is 0. The number of allylic oxidation sites excluding steroid dienone is 2. The minimum atomic E-state index is -4.57. The minimum Gasteiger partial charge on any atom is -0.453 e. The highest BCUT2D eigenvalue weighted by molar-refractivity contribution is 5.76. The molecule has 1 aromatic rings. The number of nitrogens with zero attached hydrogens (tertiary/aromatic N) is 2. The summed E-state index contributed by atoms with van der Waals surface area (Å²) in [6.45, 7) is 6.49. The fourth-order valence-corrected chi connectivity index (χ4v) is 2.57. The Bertz CT molecular complexity index is 705. The zero-order chi connectivity index (χ0) is 18.9. The van der Waals surface area contributed by atoms with Crippen molar-refractivity contribution in [3.63, 3.8) is 0 Å². The SMILES string of the molecule is Cc1ncncc1CC1(OC(=O)C(C)(C)C)C=CC=CC1C(F)(F)F. The van der Waals surface area contributed by atoms with E-state index in [2.05, 4.69) is 9.97 Å². The number of carbonyl (C=O) groups excluding carboxylic acids is 1. The number of aromatic nitrogens is 2. The summed E-state index contributed by atoms with van der Waals surface area (Å²) < 4.78 is 46.5. The highest BCUT2D eigenvalue weighted by atomic mass is 19.4. The van der Waals surface area contributed by atoms with E-state index < -0.39 is 29.1 Å². The van der Waals surface area contributed by atoms with Crippen molar-refractivity contribution < 1.29 is 22.7 Å². The molecule has 0 bridgehead atoms. The molecule has 1 aliphatic rings. The molecule has 0 aromatic carbocycles. The average molecular weight is 354 g/mol. The Labute approximate surface area is 144 Å². The van der Waals surface area contributed by atoms with Crippen molar-refractivity contribution in [1.82, 2.24) is 9.97 Å². The first-order chi connectivity index (χ1) is 11.5. The van der Waals surface area contributed by atoms with Crippen LogP contribution in [0.1, 0.15) is 32.0 Å². The summed E-state index contributed by atoms with van der Waals surface area (Å²) in [5.41, 5.74) is -1.75. The molecule has 0 aliphatic heterocycles. The first-order valence-corrected chi connectivity index (χ1v) is 7.87. The fraction of sp³-hybridized carbons (Fsp3) is 0.500. The average Bonchev–Trinajstić information content (AvgIpc) is 2.48. The van der Waals surface area contributed by atoms with Crippen LogP contribution in [0.3, 0.4) is 0 Å². The zero-order valence-corrected chi connectivity index (χ0v) is 14.6. The van der Waals surface area contributed by atoms with Gasteiger partial charge in [-0.3, -0.25) is 4.79 Å². The third-order valence-corrected chi connectivity index (χ3v) is 4.05. The molecule has 1 aromatic heterocycles. The number of halogens is 3. The van der Waals surface area contributed by atoms with Crippen LogP contribution in [0.15, 0.2) is 36.8 Å².